The van der Waals surface area contributed by atoms with Gasteiger partial charge in [-0.15, -0.1) is 0 Å². The van der Waals surface area contributed by atoms with Gasteiger partial charge in [0.25, 0.3) is 0 Å². The third kappa shape index (κ3) is 2.25. The van der Waals surface area contributed by atoms with E-state index in [1.54, 1.807) is 0 Å². The molecule has 4 heteroatoms. The standard InChI is InChI=1S/C15H17BrO3/c16-11-5-10(7-15(17)3-4-15)6-12-13(11)19-9-14(1-2-14)8-18-12/h5-6,17H,1-4,7-9H2. The number of fused-ring (bicyclic) bond motifs is 1. The van der Waals surface area contributed by atoms with Crippen LogP contribution >= 0.6 is 15.9 Å². The van der Waals surface area contributed by atoms with Crippen molar-refractivity contribution in [1.82, 2.24) is 0 Å². The van der Waals surface area contributed by atoms with Gasteiger partial charge in [-0.05, 0) is 59.3 Å². The molecule has 0 aromatic heterocycles. The molecule has 0 atom stereocenters. The Morgan fingerprint density at radius 1 is 1.11 bits per heavy atom. The highest BCUT2D eigenvalue weighted by Gasteiger charge is 2.46. The fraction of sp³-hybridized carbons (Fsp3) is 0.600. The van der Waals surface area contributed by atoms with Gasteiger partial charge in [-0.25, -0.2) is 0 Å². The Bertz CT molecular complexity index is 532. The Morgan fingerprint density at radius 2 is 1.84 bits per heavy atom. The highest BCUT2D eigenvalue weighted by Crippen LogP contribution is 2.51. The summed E-state index contributed by atoms with van der Waals surface area (Å²) in [5.41, 5.74) is 0.894. The average molecular weight is 325 g/mol. The fourth-order valence-corrected chi connectivity index (χ4v) is 3.24. The van der Waals surface area contributed by atoms with Crippen LogP contribution in [0.2, 0.25) is 0 Å². The molecule has 0 amide bonds. The van der Waals surface area contributed by atoms with Crippen LogP contribution in [-0.2, 0) is 6.42 Å². The third-order valence-corrected chi connectivity index (χ3v) is 5.03. The summed E-state index contributed by atoms with van der Waals surface area (Å²) in [4.78, 5) is 0. The molecule has 3 nitrogen and oxygen atoms in total. The average Bonchev–Trinajstić information content (AvgIpc) is 3.25. The van der Waals surface area contributed by atoms with Crippen molar-refractivity contribution in [3.63, 3.8) is 0 Å². The lowest BCUT2D eigenvalue weighted by molar-refractivity contribution is 0.151. The molecule has 0 bridgehead atoms. The second kappa shape index (κ2) is 3.89. The van der Waals surface area contributed by atoms with Crippen LogP contribution < -0.4 is 9.47 Å². The number of benzene rings is 1. The number of rotatable bonds is 2. The zero-order chi connectivity index (χ0) is 13.1. The monoisotopic (exact) mass is 324 g/mol. The van der Waals surface area contributed by atoms with Crippen molar-refractivity contribution < 1.29 is 14.6 Å². The fourth-order valence-electron chi connectivity index (χ4n) is 2.64. The Hall–Kier alpha value is -0.740. The second-order valence-corrected chi connectivity index (χ2v) is 7.24. The number of ether oxygens (including phenoxy) is 2. The lowest BCUT2D eigenvalue weighted by Gasteiger charge is -2.13. The number of aliphatic hydroxyl groups is 1. The molecule has 1 heterocycles. The maximum absolute atomic E-state index is 10.0. The lowest BCUT2D eigenvalue weighted by Crippen LogP contribution is -2.17. The molecule has 0 saturated heterocycles. The molecule has 102 valence electrons. The van der Waals surface area contributed by atoms with Gasteiger partial charge in [0.2, 0.25) is 0 Å². The number of halogens is 1. The summed E-state index contributed by atoms with van der Waals surface area (Å²) in [5, 5.41) is 10.0. The topological polar surface area (TPSA) is 38.7 Å². The maximum Gasteiger partial charge on any atom is 0.175 e. The van der Waals surface area contributed by atoms with Crippen molar-refractivity contribution >= 4 is 15.9 Å². The van der Waals surface area contributed by atoms with Crippen LogP contribution in [0.5, 0.6) is 11.5 Å². The van der Waals surface area contributed by atoms with E-state index >= 15 is 0 Å². The minimum Gasteiger partial charge on any atom is -0.489 e. The van der Waals surface area contributed by atoms with Gasteiger partial charge in [-0.3, -0.25) is 0 Å². The Balaban J connectivity index is 1.63. The second-order valence-electron chi connectivity index (χ2n) is 6.38. The molecule has 2 saturated carbocycles. The first-order valence-corrected chi connectivity index (χ1v) is 7.67. The molecule has 2 fully saturated rings. The first-order valence-electron chi connectivity index (χ1n) is 6.88. The zero-order valence-electron chi connectivity index (χ0n) is 10.7. The van der Waals surface area contributed by atoms with E-state index in [4.69, 9.17) is 9.47 Å². The molecule has 2 aliphatic carbocycles. The van der Waals surface area contributed by atoms with E-state index in [1.807, 2.05) is 12.1 Å². The quantitative estimate of drug-likeness (QED) is 0.908. The molecular weight excluding hydrogens is 308 g/mol. The predicted octanol–water partition coefficient (Wildman–Crippen LogP) is 3.07. The van der Waals surface area contributed by atoms with Gasteiger partial charge in [0, 0.05) is 11.8 Å². The molecule has 1 aliphatic heterocycles. The third-order valence-electron chi connectivity index (χ3n) is 4.44. The van der Waals surface area contributed by atoms with Gasteiger partial charge in [0.05, 0.1) is 23.3 Å². The molecule has 4 rings (SSSR count). The Labute approximate surface area is 121 Å². The van der Waals surface area contributed by atoms with Crippen molar-refractivity contribution in [3.8, 4) is 11.5 Å². The number of hydrogen-bond acceptors (Lipinski definition) is 3. The van der Waals surface area contributed by atoms with Crippen LogP contribution in [0.25, 0.3) is 0 Å². The van der Waals surface area contributed by atoms with Gasteiger partial charge in [-0.1, -0.05) is 0 Å². The minimum atomic E-state index is -0.475. The SMILES string of the molecule is OC1(Cc2cc(Br)c3c(c2)OCC2(CC2)CO3)CC1. The smallest absolute Gasteiger partial charge is 0.175 e. The van der Waals surface area contributed by atoms with Gasteiger partial charge in [0.15, 0.2) is 11.5 Å². The normalized spacial score (nSPS) is 24.9. The molecule has 1 spiro atoms. The van der Waals surface area contributed by atoms with E-state index < -0.39 is 5.60 Å². The van der Waals surface area contributed by atoms with E-state index in [-0.39, 0.29) is 5.41 Å². The summed E-state index contributed by atoms with van der Waals surface area (Å²) in [6, 6.07) is 4.07. The highest BCUT2D eigenvalue weighted by atomic mass is 79.9. The van der Waals surface area contributed by atoms with Gasteiger partial charge in [-0.2, -0.15) is 0 Å². The van der Waals surface area contributed by atoms with Crippen molar-refractivity contribution in [2.75, 3.05) is 13.2 Å². The van der Waals surface area contributed by atoms with Crippen molar-refractivity contribution in [1.29, 1.82) is 0 Å². The lowest BCUT2D eigenvalue weighted by atomic mass is 10.1. The van der Waals surface area contributed by atoms with Crippen molar-refractivity contribution in [3.05, 3.63) is 22.2 Å². The summed E-state index contributed by atoms with van der Waals surface area (Å²) >= 11 is 3.57. The minimum absolute atomic E-state index is 0.257. The largest absolute Gasteiger partial charge is 0.489 e. The van der Waals surface area contributed by atoms with Crippen LogP contribution in [-0.4, -0.2) is 23.9 Å². The molecule has 0 unspecified atom stereocenters. The maximum atomic E-state index is 10.0. The van der Waals surface area contributed by atoms with Gasteiger partial charge >= 0.3 is 0 Å². The van der Waals surface area contributed by atoms with Crippen LogP contribution in [0.1, 0.15) is 31.2 Å². The highest BCUT2D eigenvalue weighted by molar-refractivity contribution is 9.10. The van der Waals surface area contributed by atoms with E-state index in [9.17, 15) is 5.11 Å². The van der Waals surface area contributed by atoms with E-state index in [1.165, 1.54) is 12.8 Å². The van der Waals surface area contributed by atoms with Crippen LogP contribution in [0.3, 0.4) is 0 Å². The molecule has 1 aromatic carbocycles. The van der Waals surface area contributed by atoms with E-state index in [0.717, 1.165) is 47.6 Å². The summed E-state index contributed by atoms with van der Waals surface area (Å²) < 4.78 is 12.8. The first kappa shape index (κ1) is 12.0. The zero-order valence-corrected chi connectivity index (χ0v) is 12.3. The number of hydrogen-bond donors (Lipinski definition) is 1. The first-order chi connectivity index (χ1) is 9.08. The molecular formula is C15H17BrO3. The summed E-state index contributed by atoms with van der Waals surface area (Å²) in [6.45, 7) is 1.50. The molecule has 1 N–H and O–H groups in total. The van der Waals surface area contributed by atoms with Crippen LogP contribution in [0, 0.1) is 5.41 Å². The summed E-state index contributed by atoms with van der Waals surface area (Å²) in [7, 11) is 0. The molecule has 3 aliphatic rings. The molecule has 19 heavy (non-hydrogen) atoms. The van der Waals surface area contributed by atoms with Crippen LogP contribution in [0.15, 0.2) is 16.6 Å². The van der Waals surface area contributed by atoms with Crippen molar-refractivity contribution in [2.45, 2.75) is 37.7 Å². The van der Waals surface area contributed by atoms with E-state index in [2.05, 4.69) is 15.9 Å². The predicted molar refractivity (Wildman–Crippen MR) is 74.7 cm³/mol. The summed E-state index contributed by atoms with van der Waals surface area (Å²) in [6.07, 6.45) is 4.91. The van der Waals surface area contributed by atoms with Crippen LogP contribution in [0.4, 0.5) is 0 Å². The van der Waals surface area contributed by atoms with Gasteiger partial charge in [0.1, 0.15) is 0 Å². The molecule has 1 aromatic rings. The summed E-state index contributed by atoms with van der Waals surface area (Å²) in [5.74, 6) is 1.63. The Kier molecular flexibility index (Phi) is 2.46. The van der Waals surface area contributed by atoms with Crippen molar-refractivity contribution in [2.24, 2.45) is 5.41 Å². The Morgan fingerprint density at radius 3 is 2.53 bits per heavy atom. The van der Waals surface area contributed by atoms with E-state index in [0.29, 0.717) is 6.42 Å². The van der Waals surface area contributed by atoms with Gasteiger partial charge < -0.3 is 14.6 Å². The molecule has 0 radical (unpaired) electrons.